The molecule has 0 aromatic heterocycles. The van der Waals surface area contributed by atoms with Gasteiger partial charge in [0.15, 0.2) is 0 Å². The van der Waals surface area contributed by atoms with Crippen molar-refractivity contribution in [1.29, 1.82) is 0 Å². The summed E-state index contributed by atoms with van der Waals surface area (Å²) in [5.74, 6) is 5.33. The minimum atomic E-state index is -0.465. The van der Waals surface area contributed by atoms with Gasteiger partial charge in [-0.15, -0.1) is 0 Å². The van der Waals surface area contributed by atoms with Crippen LogP contribution in [0.15, 0.2) is 42.5 Å². The standard InChI is InChI=1S/C14H16N4O3/c1-21-9-10-3-2-4-11(5-10)16-12-6-13(17-15)8-14(7-12)18(19)20/h2-8,16-17H,9,15H2,1H3. The number of non-ortho nitro benzene ring substituents is 1. The number of benzene rings is 2. The highest BCUT2D eigenvalue weighted by molar-refractivity contribution is 5.68. The molecule has 0 spiro atoms. The van der Waals surface area contributed by atoms with Crippen LogP contribution in [0.5, 0.6) is 0 Å². The summed E-state index contributed by atoms with van der Waals surface area (Å²) in [4.78, 5) is 10.4. The molecule has 110 valence electrons. The van der Waals surface area contributed by atoms with Crippen LogP contribution in [-0.4, -0.2) is 12.0 Å². The van der Waals surface area contributed by atoms with Crippen molar-refractivity contribution in [2.24, 2.45) is 5.84 Å². The lowest BCUT2D eigenvalue weighted by Gasteiger charge is -2.10. The molecule has 0 bridgehead atoms. The summed E-state index contributed by atoms with van der Waals surface area (Å²) in [6.07, 6.45) is 0. The lowest BCUT2D eigenvalue weighted by molar-refractivity contribution is -0.384. The summed E-state index contributed by atoms with van der Waals surface area (Å²) in [6, 6.07) is 12.1. The molecule has 0 aliphatic carbocycles. The third-order valence-electron chi connectivity index (χ3n) is 2.82. The molecule has 7 nitrogen and oxygen atoms in total. The molecule has 21 heavy (non-hydrogen) atoms. The van der Waals surface area contributed by atoms with Crippen molar-refractivity contribution in [3.8, 4) is 0 Å². The van der Waals surface area contributed by atoms with E-state index in [9.17, 15) is 10.1 Å². The highest BCUT2D eigenvalue weighted by Crippen LogP contribution is 2.26. The highest BCUT2D eigenvalue weighted by atomic mass is 16.6. The Morgan fingerprint density at radius 1 is 1.19 bits per heavy atom. The molecule has 2 aromatic rings. The van der Waals surface area contributed by atoms with Crippen LogP contribution in [-0.2, 0) is 11.3 Å². The normalized spacial score (nSPS) is 10.2. The van der Waals surface area contributed by atoms with Crippen LogP contribution in [0.4, 0.5) is 22.7 Å². The number of hydrazine groups is 1. The highest BCUT2D eigenvalue weighted by Gasteiger charge is 2.09. The van der Waals surface area contributed by atoms with Gasteiger partial charge in [0.1, 0.15) is 0 Å². The topological polar surface area (TPSA) is 102 Å². The van der Waals surface area contributed by atoms with E-state index < -0.39 is 4.92 Å². The van der Waals surface area contributed by atoms with E-state index in [0.29, 0.717) is 18.0 Å². The van der Waals surface area contributed by atoms with Crippen molar-refractivity contribution >= 4 is 22.7 Å². The quantitative estimate of drug-likeness (QED) is 0.429. The number of methoxy groups -OCH3 is 1. The van der Waals surface area contributed by atoms with Gasteiger partial charge in [-0.25, -0.2) is 0 Å². The summed E-state index contributed by atoms with van der Waals surface area (Å²) in [5, 5.41) is 14.0. The number of nitrogen functional groups attached to an aromatic ring is 1. The van der Waals surface area contributed by atoms with Crippen LogP contribution in [0, 0.1) is 10.1 Å². The first-order valence-corrected chi connectivity index (χ1v) is 6.23. The van der Waals surface area contributed by atoms with Crippen molar-refractivity contribution < 1.29 is 9.66 Å². The summed E-state index contributed by atoms with van der Waals surface area (Å²) in [6.45, 7) is 0.500. The molecule has 0 saturated carbocycles. The molecule has 0 atom stereocenters. The number of nitrogens with two attached hydrogens (primary N) is 1. The van der Waals surface area contributed by atoms with Gasteiger partial charge in [0, 0.05) is 30.6 Å². The number of hydrogen-bond acceptors (Lipinski definition) is 6. The molecule has 0 aliphatic heterocycles. The Labute approximate surface area is 121 Å². The SMILES string of the molecule is COCc1cccc(Nc2cc(NN)cc([N+](=O)[O-])c2)c1. The van der Waals surface area contributed by atoms with Crippen molar-refractivity contribution in [3.05, 3.63) is 58.1 Å². The Kier molecular flexibility index (Phi) is 4.70. The van der Waals surface area contributed by atoms with E-state index in [-0.39, 0.29) is 5.69 Å². The molecule has 0 fully saturated rings. The first-order chi connectivity index (χ1) is 10.1. The number of nitrogens with one attached hydrogen (secondary N) is 2. The predicted molar refractivity (Wildman–Crippen MR) is 81.3 cm³/mol. The smallest absolute Gasteiger partial charge is 0.273 e. The van der Waals surface area contributed by atoms with E-state index in [1.54, 1.807) is 13.2 Å². The number of ether oxygens (including phenoxy) is 1. The van der Waals surface area contributed by atoms with Crippen LogP contribution in [0.25, 0.3) is 0 Å². The first kappa shape index (κ1) is 14.8. The van der Waals surface area contributed by atoms with Gasteiger partial charge < -0.3 is 15.5 Å². The Morgan fingerprint density at radius 3 is 2.62 bits per heavy atom. The maximum atomic E-state index is 10.9. The second-order valence-corrected chi connectivity index (χ2v) is 4.43. The van der Waals surface area contributed by atoms with Crippen LogP contribution in [0.2, 0.25) is 0 Å². The number of nitro benzene ring substituents is 1. The maximum Gasteiger partial charge on any atom is 0.273 e. The van der Waals surface area contributed by atoms with Crippen molar-refractivity contribution in [2.45, 2.75) is 6.61 Å². The Balaban J connectivity index is 2.28. The average molecular weight is 288 g/mol. The van der Waals surface area contributed by atoms with E-state index in [0.717, 1.165) is 11.3 Å². The van der Waals surface area contributed by atoms with Crippen molar-refractivity contribution in [1.82, 2.24) is 0 Å². The lowest BCUT2D eigenvalue weighted by atomic mass is 10.2. The van der Waals surface area contributed by atoms with Crippen molar-refractivity contribution in [3.63, 3.8) is 0 Å². The fourth-order valence-corrected chi connectivity index (χ4v) is 1.94. The van der Waals surface area contributed by atoms with Gasteiger partial charge in [-0.05, 0) is 23.8 Å². The van der Waals surface area contributed by atoms with E-state index in [4.69, 9.17) is 10.6 Å². The van der Waals surface area contributed by atoms with E-state index in [1.165, 1.54) is 12.1 Å². The zero-order valence-electron chi connectivity index (χ0n) is 11.5. The Bertz CT molecular complexity index is 646. The minimum Gasteiger partial charge on any atom is -0.380 e. The molecule has 0 heterocycles. The fourth-order valence-electron chi connectivity index (χ4n) is 1.94. The molecule has 0 saturated heterocycles. The molecule has 4 N–H and O–H groups in total. The van der Waals surface area contributed by atoms with E-state index in [1.807, 2.05) is 24.3 Å². The van der Waals surface area contributed by atoms with Gasteiger partial charge in [-0.1, -0.05) is 12.1 Å². The molecule has 2 aromatic carbocycles. The lowest BCUT2D eigenvalue weighted by Crippen LogP contribution is -2.07. The van der Waals surface area contributed by atoms with Crippen LogP contribution in [0.3, 0.4) is 0 Å². The molecule has 2 rings (SSSR count). The number of rotatable bonds is 6. The fraction of sp³-hybridized carbons (Fsp3) is 0.143. The predicted octanol–water partition coefficient (Wildman–Crippen LogP) is 2.77. The molecular weight excluding hydrogens is 272 g/mol. The van der Waals surface area contributed by atoms with Gasteiger partial charge in [-0.3, -0.25) is 16.0 Å². The minimum absolute atomic E-state index is 0.0407. The molecule has 0 radical (unpaired) electrons. The van der Waals surface area contributed by atoms with Gasteiger partial charge in [0.25, 0.3) is 5.69 Å². The van der Waals surface area contributed by atoms with Crippen LogP contribution in [0.1, 0.15) is 5.56 Å². The number of nitrogens with zero attached hydrogens (tertiary/aromatic N) is 1. The summed E-state index contributed by atoms with van der Waals surface area (Å²) < 4.78 is 5.08. The number of hydrogen-bond donors (Lipinski definition) is 3. The van der Waals surface area contributed by atoms with E-state index in [2.05, 4.69) is 10.7 Å². The molecule has 0 aliphatic rings. The zero-order valence-corrected chi connectivity index (χ0v) is 11.5. The third-order valence-corrected chi connectivity index (χ3v) is 2.82. The Hall–Kier alpha value is -2.64. The second kappa shape index (κ2) is 6.69. The first-order valence-electron chi connectivity index (χ1n) is 6.23. The van der Waals surface area contributed by atoms with Crippen molar-refractivity contribution in [2.75, 3.05) is 17.9 Å². The zero-order chi connectivity index (χ0) is 15.2. The van der Waals surface area contributed by atoms with Gasteiger partial charge in [0.2, 0.25) is 0 Å². The van der Waals surface area contributed by atoms with Gasteiger partial charge in [-0.2, -0.15) is 0 Å². The summed E-state index contributed by atoms with van der Waals surface area (Å²) >= 11 is 0. The number of anilines is 3. The number of nitro groups is 1. The van der Waals surface area contributed by atoms with Gasteiger partial charge in [0.05, 0.1) is 17.2 Å². The molecule has 0 unspecified atom stereocenters. The Morgan fingerprint density at radius 2 is 1.95 bits per heavy atom. The van der Waals surface area contributed by atoms with Crippen LogP contribution < -0.4 is 16.6 Å². The largest absolute Gasteiger partial charge is 0.380 e. The summed E-state index contributed by atoms with van der Waals surface area (Å²) in [7, 11) is 1.62. The summed E-state index contributed by atoms with van der Waals surface area (Å²) in [5.41, 5.74) is 5.23. The molecule has 0 amide bonds. The molecule has 7 heteroatoms. The third kappa shape index (κ3) is 3.91. The average Bonchev–Trinajstić information content (AvgIpc) is 2.47. The molecular formula is C14H16N4O3. The second-order valence-electron chi connectivity index (χ2n) is 4.43. The van der Waals surface area contributed by atoms with Crippen LogP contribution >= 0.6 is 0 Å². The monoisotopic (exact) mass is 288 g/mol. The maximum absolute atomic E-state index is 10.9. The van der Waals surface area contributed by atoms with E-state index >= 15 is 0 Å². The van der Waals surface area contributed by atoms with Gasteiger partial charge >= 0.3 is 0 Å².